The number of halogens is 2. The molecule has 3 rings (SSSR count). The molecule has 29 heavy (non-hydrogen) atoms. The van der Waals surface area contributed by atoms with Gasteiger partial charge in [-0.1, -0.05) is 0 Å². The average Bonchev–Trinajstić information content (AvgIpc) is 3.19. The van der Waals surface area contributed by atoms with E-state index in [0.29, 0.717) is 56.4 Å². The monoisotopic (exact) mass is 412 g/mol. The van der Waals surface area contributed by atoms with Crippen LogP contribution in [-0.2, 0) is 11.3 Å². The number of nitrogens with zero attached hydrogens (tertiary/aromatic N) is 1. The Morgan fingerprint density at radius 1 is 1.21 bits per heavy atom. The van der Waals surface area contributed by atoms with Crippen molar-refractivity contribution in [3.05, 3.63) is 23.5 Å². The second-order valence-corrected chi connectivity index (χ2v) is 7.44. The SMILES string of the molecule is COc1cc(O[C@H]2CC[C@@H](F)CC2)c(F)cc1CNC(=O)C1CCCN1C(=O)O. The van der Waals surface area contributed by atoms with E-state index in [1.165, 1.54) is 19.2 Å². The van der Waals surface area contributed by atoms with Crippen molar-refractivity contribution in [3.63, 3.8) is 0 Å². The lowest BCUT2D eigenvalue weighted by Gasteiger charge is -2.26. The average molecular weight is 412 g/mol. The van der Waals surface area contributed by atoms with Crippen molar-refractivity contribution >= 4 is 12.0 Å². The Labute approximate surface area is 168 Å². The van der Waals surface area contributed by atoms with Gasteiger partial charge < -0.3 is 19.9 Å². The molecule has 1 unspecified atom stereocenters. The van der Waals surface area contributed by atoms with Gasteiger partial charge in [-0.2, -0.15) is 0 Å². The highest BCUT2D eigenvalue weighted by Crippen LogP contribution is 2.32. The van der Waals surface area contributed by atoms with Crippen molar-refractivity contribution in [1.29, 1.82) is 0 Å². The molecule has 2 fully saturated rings. The molecule has 0 aromatic heterocycles. The maximum atomic E-state index is 14.5. The van der Waals surface area contributed by atoms with Gasteiger partial charge in [-0.3, -0.25) is 9.69 Å². The van der Waals surface area contributed by atoms with Gasteiger partial charge in [0.2, 0.25) is 5.91 Å². The molecule has 1 aliphatic carbocycles. The van der Waals surface area contributed by atoms with Crippen molar-refractivity contribution in [1.82, 2.24) is 10.2 Å². The van der Waals surface area contributed by atoms with E-state index in [4.69, 9.17) is 14.6 Å². The second-order valence-electron chi connectivity index (χ2n) is 7.44. The number of rotatable bonds is 6. The highest BCUT2D eigenvalue weighted by Gasteiger charge is 2.34. The van der Waals surface area contributed by atoms with Gasteiger partial charge >= 0.3 is 6.09 Å². The third-order valence-corrected chi connectivity index (χ3v) is 5.49. The van der Waals surface area contributed by atoms with Gasteiger partial charge in [-0.25, -0.2) is 13.6 Å². The number of benzene rings is 1. The number of ether oxygens (including phenoxy) is 2. The van der Waals surface area contributed by atoms with E-state index in [0.717, 1.165) is 4.90 Å². The molecule has 2 N–H and O–H groups in total. The van der Waals surface area contributed by atoms with Crippen LogP contribution in [-0.4, -0.2) is 54.0 Å². The molecule has 0 bridgehead atoms. The fourth-order valence-electron chi connectivity index (χ4n) is 3.88. The van der Waals surface area contributed by atoms with Gasteiger partial charge in [0, 0.05) is 24.7 Å². The minimum atomic E-state index is -1.13. The van der Waals surface area contributed by atoms with Crippen molar-refractivity contribution in [3.8, 4) is 11.5 Å². The minimum absolute atomic E-state index is 0.00384. The predicted molar refractivity (Wildman–Crippen MR) is 100 cm³/mol. The molecule has 1 aromatic rings. The number of hydrogen-bond acceptors (Lipinski definition) is 4. The third-order valence-electron chi connectivity index (χ3n) is 5.49. The largest absolute Gasteiger partial charge is 0.496 e. The van der Waals surface area contributed by atoms with Gasteiger partial charge in [0.05, 0.1) is 13.2 Å². The maximum absolute atomic E-state index is 14.5. The molecular weight excluding hydrogens is 386 g/mol. The van der Waals surface area contributed by atoms with Crippen LogP contribution in [0.25, 0.3) is 0 Å². The van der Waals surface area contributed by atoms with Gasteiger partial charge in [-0.05, 0) is 44.6 Å². The van der Waals surface area contributed by atoms with Crippen LogP contribution in [0.15, 0.2) is 12.1 Å². The van der Waals surface area contributed by atoms with Crippen molar-refractivity contribution < 1.29 is 33.0 Å². The van der Waals surface area contributed by atoms with Gasteiger partial charge in [0.15, 0.2) is 11.6 Å². The normalized spacial score (nSPS) is 24.2. The number of alkyl halides is 1. The molecule has 7 nitrogen and oxygen atoms in total. The first kappa shape index (κ1) is 21.1. The van der Waals surface area contributed by atoms with Gasteiger partial charge in [0.1, 0.15) is 18.0 Å². The molecule has 0 radical (unpaired) electrons. The summed E-state index contributed by atoms with van der Waals surface area (Å²) in [6.45, 7) is 0.317. The molecule has 1 heterocycles. The lowest BCUT2D eigenvalue weighted by molar-refractivity contribution is -0.125. The summed E-state index contributed by atoms with van der Waals surface area (Å²) in [5.74, 6) is -0.629. The molecule has 1 saturated heterocycles. The van der Waals surface area contributed by atoms with Crippen LogP contribution in [0.1, 0.15) is 44.1 Å². The lowest BCUT2D eigenvalue weighted by Crippen LogP contribution is -2.45. The Bertz CT molecular complexity index is 753. The van der Waals surface area contributed by atoms with Gasteiger partial charge in [-0.15, -0.1) is 0 Å². The van der Waals surface area contributed by atoms with E-state index in [2.05, 4.69) is 5.32 Å². The van der Waals surface area contributed by atoms with E-state index in [-0.39, 0.29) is 18.4 Å². The Morgan fingerprint density at radius 3 is 2.59 bits per heavy atom. The lowest BCUT2D eigenvalue weighted by atomic mass is 9.96. The zero-order chi connectivity index (χ0) is 21.0. The minimum Gasteiger partial charge on any atom is -0.496 e. The Hall–Kier alpha value is -2.58. The molecule has 2 aliphatic rings. The zero-order valence-corrected chi connectivity index (χ0v) is 16.3. The van der Waals surface area contributed by atoms with Crippen LogP contribution in [0.5, 0.6) is 11.5 Å². The smallest absolute Gasteiger partial charge is 0.407 e. The number of nitrogens with one attached hydrogen (secondary N) is 1. The highest BCUT2D eigenvalue weighted by atomic mass is 19.1. The van der Waals surface area contributed by atoms with Crippen molar-refractivity contribution in [2.45, 2.75) is 63.4 Å². The number of carboxylic acid groups (broad SMARTS) is 1. The van der Waals surface area contributed by atoms with Crippen LogP contribution in [0, 0.1) is 5.82 Å². The summed E-state index contributed by atoms with van der Waals surface area (Å²) >= 11 is 0. The summed E-state index contributed by atoms with van der Waals surface area (Å²) in [6.07, 6.45) is 0.757. The van der Waals surface area contributed by atoms with E-state index >= 15 is 0 Å². The van der Waals surface area contributed by atoms with Crippen LogP contribution >= 0.6 is 0 Å². The molecule has 1 aromatic carbocycles. The number of methoxy groups -OCH3 is 1. The number of carbonyl (C=O) groups is 2. The summed E-state index contributed by atoms with van der Waals surface area (Å²) in [5.41, 5.74) is 0.415. The molecule has 2 amide bonds. The molecule has 160 valence electrons. The van der Waals surface area contributed by atoms with Crippen molar-refractivity contribution in [2.75, 3.05) is 13.7 Å². The molecule has 1 aliphatic heterocycles. The second kappa shape index (κ2) is 9.28. The Kier molecular flexibility index (Phi) is 6.76. The molecule has 0 spiro atoms. The topological polar surface area (TPSA) is 88.1 Å². The summed E-state index contributed by atoms with van der Waals surface area (Å²) in [4.78, 5) is 24.7. The fourth-order valence-corrected chi connectivity index (χ4v) is 3.88. The van der Waals surface area contributed by atoms with Gasteiger partial charge in [0.25, 0.3) is 0 Å². The summed E-state index contributed by atoms with van der Waals surface area (Å²) < 4.78 is 38.8. The first-order valence-electron chi connectivity index (χ1n) is 9.83. The zero-order valence-electron chi connectivity index (χ0n) is 16.3. The third kappa shape index (κ3) is 5.07. The molecule has 9 heteroatoms. The predicted octanol–water partition coefficient (Wildman–Crippen LogP) is 3.25. The van der Waals surface area contributed by atoms with Crippen LogP contribution in [0.2, 0.25) is 0 Å². The summed E-state index contributed by atoms with van der Waals surface area (Å²) in [6, 6.07) is 1.92. The number of likely N-dealkylation sites (tertiary alicyclic amines) is 1. The first-order chi connectivity index (χ1) is 13.9. The maximum Gasteiger partial charge on any atom is 0.407 e. The van der Waals surface area contributed by atoms with E-state index in [9.17, 15) is 18.4 Å². The summed E-state index contributed by atoms with van der Waals surface area (Å²) in [7, 11) is 1.43. The Morgan fingerprint density at radius 2 is 1.93 bits per heavy atom. The first-order valence-corrected chi connectivity index (χ1v) is 9.83. The number of hydrogen-bond donors (Lipinski definition) is 2. The number of amides is 2. The van der Waals surface area contributed by atoms with E-state index in [1.807, 2.05) is 0 Å². The standard InChI is InChI=1S/C20H26F2N2O5/c1-28-17-10-18(29-14-6-4-13(21)5-7-14)15(22)9-12(17)11-23-19(25)16-3-2-8-24(16)20(26)27/h9-10,13-14,16H,2-8,11H2,1H3,(H,23,25)(H,26,27)/t13-,14+,16?. The fraction of sp³-hybridized carbons (Fsp3) is 0.600. The van der Waals surface area contributed by atoms with E-state index < -0.39 is 30.0 Å². The molecular formula is C20H26F2N2O5. The van der Waals surface area contributed by atoms with Crippen LogP contribution < -0.4 is 14.8 Å². The van der Waals surface area contributed by atoms with E-state index in [1.54, 1.807) is 0 Å². The molecule has 1 atom stereocenters. The van der Waals surface area contributed by atoms with Crippen LogP contribution in [0.4, 0.5) is 13.6 Å². The Balaban J connectivity index is 1.64. The van der Waals surface area contributed by atoms with Crippen molar-refractivity contribution in [2.24, 2.45) is 0 Å². The summed E-state index contributed by atoms with van der Waals surface area (Å²) in [5, 5.41) is 11.8. The van der Waals surface area contributed by atoms with Crippen LogP contribution in [0.3, 0.4) is 0 Å². The number of carbonyl (C=O) groups excluding carboxylic acids is 1. The quantitative estimate of drug-likeness (QED) is 0.749. The highest BCUT2D eigenvalue weighted by molar-refractivity contribution is 5.85. The molecule has 1 saturated carbocycles.